The minimum Gasteiger partial charge on any atom is -0.497 e. The Balaban J connectivity index is 2.40. The van der Waals surface area contributed by atoms with Gasteiger partial charge in [-0.3, -0.25) is 5.84 Å². The van der Waals surface area contributed by atoms with Gasteiger partial charge in [-0.1, -0.05) is 39.7 Å². The normalized spacial score (nSPS) is 12.2. The summed E-state index contributed by atoms with van der Waals surface area (Å²) in [6, 6.07) is 13.2. The summed E-state index contributed by atoms with van der Waals surface area (Å²) in [5.74, 6) is 6.48. The van der Waals surface area contributed by atoms with Crippen LogP contribution in [-0.4, -0.2) is 7.11 Å². The van der Waals surface area contributed by atoms with Crippen LogP contribution in [-0.2, 0) is 0 Å². The molecule has 1 atom stereocenters. The quantitative estimate of drug-likeness (QED) is 0.659. The highest BCUT2D eigenvalue weighted by Gasteiger charge is 2.16. The van der Waals surface area contributed by atoms with Crippen LogP contribution in [0.4, 0.5) is 0 Å². The van der Waals surface area contributed by atoms with Gasteiger partial charge >= 0.3 is 0 Å². The van der Waals surface area contributed by atoms with Crippen molar-refractivity contribution in [3.05, 3.63) is 63.1 Å². The van der Waals surface area contributed by atoms with Crippen molar-refractivity contribution in [1.29, 1.82) is 0 Å². The van der Waals surface area contributed by atoms with Crippen LogP contribution in [0.2, 0.25) is 5.02 Å². The Labute approximate surface area is 125 Å². The number of hydrogen-bond donors (Lipinski definition) is 2. The van der Waals surface area contributed by atoms with E-state index >= 15 is 0 Å². The van der Waals surface area contributed by atoms with Gasteiger partial charge in [-0.15, -0.1) is 0 Å². The number of ether oxygens (including phenoxy) is 1. The van der Waals surface area contributed by atoms with Crippen molar-refractivity contribution in [2.24, 2.45) is 5.84 Å². The van der Waals surface area contributed by atoms with Crippen molar-refractivity contribution >= 4 is 27.5 Å². The first-order valence-corrected chi connectivity index (χ1v) is 6.88. The smallest absolute Gasteiger partial charge is 0.118 e. The Kier molecular flexibility index (Phi) is 4.82. The molecule has 0 radical (unpaired) electrons. The lowest BCUT2D eigenvalue weighted by Crippen LogP contribution is -2.29. The summed E-state index contributed by atoms with van der Waals surface area (Å²) in [6.45, 7) is 0. The molecule has 0 saturated carbocycles. The van der Waals surface area contributed by atoms with Gasteiger partial charge in [0.2, 0.25) is 0 Å². The molecular weight excluding hydrogens is 328 g/mol. The van der Waals surface area contributed by atoms with Gasteiger partial charge in [-0.05, 0) is 41.5 Å². The predicted octanol–water partition coefficient (Wildman–Crippen LogP) is 3.66. The van der Waals surface area contributed by atoms with Crippen molar-refractivity contribution in [2.45, 2.75) is 6.04 Å². The number of rotatable bonds is 4. The molecule has 0 amide bonds. The fourth-order valence-electron chi connectivity index (χ4n) is 1.90. The SMILES string of the molecule is COc1ccc(C(NN)c2cc(Br)ccc2Cl)cc1. The summed E-state index contributed by atoms with van der Waals surface area (Å²) in [4.78, 5) is 0. The molecule has 0 heterocycles. The first-order valence-electron chi connectivity index (χ1n) is 5.70. The Morgan fingerprint density at radius 2 is 1.89 bits per heavy atom. The van der Waals surface area contributed by atoms with Crippen LogP contribution < -0.4 is 16.0 Å². The highest BCUT2D eigenvalue weighted by atomic mass is 79.9. The molecule has 0 aliphatic rings. The summed E-state index contributed by atoms with van der Waals surface area (Å²) in [7, 11) is 1.64. The summed E-state index contributed by atoms with van der Waals surface area (Å²) in [5, 5.41) is 0.668. The maximum atomic E-state index is 6.24. The second kappa shape index (κ2) is 6.39. The monoisotopic (exact) mass is 340 g/mol. The Bertz CT molecular complexity index is 560. The molecule has 0 aliphatic heterocycles. The van der Waals surface area contributed by atoms with Crippen molar-refractivity contribution < 1.29 is 4.74 Å². The molecular formula is C14H14BrClN2O. The summed E-state index contributed by atoms with van der Waals surface area (Å²) in [6.07, 6.45) is 0. The maximum Gasteiger partial charge on any atom is 0.118 e. The van der Waals surface area contributed by atoms with Gasteiger partial charge in [-0.25, -0.2) is 5.43 Å². The van der Waals surface area contributed by atoms with Gasteiger partial charge in [0.15, 0.2) is 0 Å². The number of nitrogens with two attached hydrogens (primary N) is 1. The molecule has 0 bridgehead atoms. The Hall–Kier alpha value is -1.07. The van der Waals surface area contributed by atoms with Crippen LogP contribution in [0.25, 0.3) is 0 Å². The number of methoxy groups -OCH3 is 1. The molecule has 2 aromatic carbocycles. The molecule has 1 unspecified atom stereocenters. The average Bonchev–Trinajstić information content (AvgIpc) is 2.44. The van der Waals surface area contributed by atoms with E-state index in [9.17, 15) is 0 Å². The van der Waals surface area contributed by atoms with E-state index in [-0.39, 0.29) is 6.04 Å². The van der Waals surface area contributed by atoms with E-state index in [1.807, 2.05) is 42.5 Å². The molecule has 2 aromatic rings. The lowest BCUT2D eigenvalue weighted by molar-refractivity contribution is 0.414. The second-order valence-corrected chi connectivity index (χ2v) is 5.36. The molecule has 100 valence electrons. The number of hydrogen-bond acceptors (Lipinski definition) is 3. The van der Waals surface area contributed by atoms with Gasteiger partial charge in [0.1, 0.15) is 5.75 Å². The minimum absolute atomic E-state index is 0.170. The third kappa shape index (κ3) is 3.28. The molecule has 2 rings (SSSR count). The van der Waals surface area contributed by atoms with Gasteiger partial charge in [-0.2, -0.15) is 0 Å². The molecule has 0 saturated heterocycles. The van der Waals surface area contributed by atoms with Crippen molar-refractivity contribution in [1.82, 2.24) is 5.43 Å². The zero-order valence-corrected chi connectivity index (χ0v) is 12.7. The van der Waals surface area contributed by atoms with Crippen molar-refractivity contribution in [3.8, 4) is 5.75 Å². The van der Waals surface area contributed by atoms with E-state index in [1.165, 1.54) is 0 Å². The summed E-state index contributed by atoms with van der Waals surface area (Å²) in [5.41, 5.74) is 4.73. The minimum atomic E-state index is -0.170. The fourth-order valence-corrected chi connectivity index (χ4v) is 2.50. The van der Waals surface area contributed by atoms with Crippen molar-refractivity contribution in [3.63, 3.8) is 0 Å². The van der Waals surface area contributed by atoms with Crippen LogP contribution in [0.15, 0.2) is 46.9 Å². The van der Waals surface area contributed by atoms with Crippen molar-refractivity contribution in [2.75, 3.05) is 7.11 Å². The first-order chi connectivity index (χ1) is 9.15. The van der Waals surface area contributed by atoms with Crippen LogP contribution in [0, 0.1) is 0 Å². The van der Waals surface area contributed by atoms with Crippen LogP contribution in [0.3, 0.4) is 0 Å². The van der Waals surface area contributed by atoms with E-state index in [2.05, 4.69) is 21.4 Å². The van der Waals surface area contributed by atoms with E-state index in [0.717, 1.165) is 21.3 Å². The highest BCUT2D eigenvalue weighted by molar-refractivity contribution is 9.10. The van der Waals surface area contributed by atoms with Crippen LogP contribution >= 0.6 is 27.5 Å². The third-order valence-electron chi connectivity index (χ3n) is 2.88. The van der Waals surface area contributed by atoms with Crippen LogP contribution in [0.1, 0.15) is 17.2 Å². The van der Waals surface area contributed by atoms with Gasteiger partial charge < -0.3 is 4.74 Å². The molecule has 5 heteroatoms. The number of halogens is 2. The lowest BCUT2D eigenvalue weighted by atomic mass is 9.99. The number of benzene rings is 2. The van der Waals surface area contributed by atoms with Crippen LogP contribution in [0.5, 0.6) is 5.75 Å². The second-order valence-electron chi connectivity index (χ2n) is 4.04. The Morgan fingerprint density at radius 1 is 1.21 bits per heavy atom. The standard InChI is InChI=1S/C14H14BrClN2O/c1-19-11-5-2-9(3-6-11)14(18-17)12-8-10(15)4-7-13(12)16/h2-8,14,18H,17H2,1H3. The summed E-state index contributed by atoms with van der Waals surface area (Å²) >= 11 is 9.68. The van der Waals surface area contributed by atoms with Gasteiger partial charge in [0.05, 0.1) is 13.2 Å². The van der Waals surface area contributed by atoms with E-state index < -0.39 is 0 Å². The van der Waals surface area contributed by atoms with Gasteiger partial charge in [0, 0.05) is 9.50 Å². The summed E-state index contributed by atoms with van der Waals surface area (Å²) < 4.78 is 6.10. The number of hydrazine groups is 1. The number of nitrogens with one attached hydrogen (secondary N) is 1. The van der Waals surface area contributed by atoms with Gasteiger partial charge in [0.25, 0.3) is 0 Å². The molecule has 0 spiro atoms. The first kappa shape index (κ1) is 14.3. The lowest BCUT2D eigenvalue weighted by Gasteiger charge is -2.19. The van der Waals surface area contributed by atoms with E-state index in [4.69, 9.17) is 22.2 Å². The fraction of sp³-hybridized carbons (Fsp3) is 0.143. The predicted molar refractivity (Wildman–Crippen MR) is 81.3 cm³/mol. The molecule has 3 N–H and O–H groups in total. The zero-order valence-electron chi connectivity index (χ0n) is 10.4. The molecule has 0 aliphatic carbocycles. The Morgan fingerprint density at radius 3 is 2.47 bits per heavy atom. The molecule has 0 fully saturated rings. The molecule has 3 nitrogen and oxygen atoms in total. The van der Waals surface area contributed by atoms with E-state index in [0.29, 0.717) is 5.02 Å². The zero-order chi connectivity index (χ0) is 13.8. The molecule has 19 heavy (non-hydrogen) atoms. The van der Waals surface area contributed by atoms with E-state index in [1.54, 1.807) is 7.11 Å². The maximum absolute atomic E-state index is 6.24. The highest BCUT2D eigenvalue weighted by Crippen LogP contribution is 2.31. The topological polar surface area (TPSA) is 47.3 Å². The average molecular weight is 342 g/mol. The third-order valence-corrected chi connectivity index (χ3v) is 3.72. The largest absolute Gasteiger partial charge is 0.497 e. The molecule has 0 aromatic heterocycles.